The van der Waals surface area contributed by atoms with E-state index < -0.39 is 0 Å². The zero-order valence-electron chi connectivity index (χ0n) is 16.2. The monoisotopic (exact) mass is 382 g/mol. The molecule has 1 aliphatic heterocycles. The summed E-state index contributed by atoms with van der Waals surface area (Å²) in [7, 11) is 0. The van der Waals surface area contributed by atoms with Crippen LogP contribution < -0.4 is 5.32 Å². The number of carbonyl (C=O) groups excluding carboxylic acids is 1. The van der Waals surface area contributed by atoms with Gasteiger partial charge in [-0.15, -0.1) is 0 Å². The maximum absolute atomic E-state index is 13.8. The van der Waals surface area contributed by atoms with Gasteiger partial charge in [-0.1, -0.05) is 31.1 Å². The van der Waals surface area contributed by atoms with Gasteiger partial charge in [0.2, 0.25) is 0 Å². The van der Waals surface area contributed by atoms with E-state index in [4.69, 9.17) is 4.52 Å². The van der Waals surface area contributed by atoms with E-state index in [9.17, 15) is 9.18 Å². The highest BCUT2D eigenvalue weighted by Gasteiger charge is 2.31. The minimum absolute atomic E-state index is 0.114. The molecule has 2 aromatic heterocycles. The van der Waals surface area contributed by atoms with Crippen LogP contribution in [0.2, 0.25) is 0 Å². The number of carbonyl (C=O) groups is 1. The van der Waals surface area contributed by atoms with Gasteiger partial charge in [-0.25, -0.2) is 9.37 Å². The maximum Gasteiger partial charge on any atom is 0.259 e. The van der Waals surface area contributed by atoms with Crippen molar-refractivity contribution in [3.63, 3.8) is 0 Å². The third-order valence-electron chi connectivity index (χ3n) is 5.20. The minimum atomic E-state index is -0.307. The average molecular weight is 382 g/mol. The SMILES string of the molecule is Cc1noc2nc(C(C)C)cc(C(=O)N3CCNCC3c3cccc(F)c3)c12. The van der Waals surface area contributed by atoms with Crippen LogP contribution in [0.3, 0.4) is 0 Å². The normalized spacial score (nSPS) is 17.5. The lowest BCUT2D eigenvalue weighted by molar-refractivity contribution is 0.0635. The fraction of sp³-hybridized carbons (Fsp3) is 0.381. The van der Waals surface area contributed by atoms with Crippen molar-refractivity contribution in [1.29, 1.82) is 0 Å². The van der Waals surface area contributed by atoms with E-state index >= 15 is 0 Å². The molecule has 1 amide bonds. The molecule has 7 heteroatoms. The number of aromatic nitrogens is 2. The topological polar surface area (TPSA) is 71.3 Å². The molecule has 1 aromatic carbocycles. The van der Waals surface area contributed by atoms with E-state index in [1.165, 1.54) is 12.1 Å². The number of nitrogens with one attached hydrogen (secondary N) is 1. The van der Waals surface area contributed by atoms with Crippen LogP contribution >= 0.6 is 0 Å². The summed E-state index contributed by atoms with van der Waals surface area (Å²) < 4.78 is 19.1. The van der Waals surface area contributed by atoms with Crippen LogP contribution in [0.15, 0.2) is 34.9 Å². The zero-order valence-corrected chi connectivity index (χ0v) is 16.2. The molecule has 146 valence electrons. The zero-order chi connectivity index (χ0) is 19.8. The Kier molecular flexibility index (Phi) is 4.85. The molecule has 1 aliphatic rings. The first-order valence-electron chi connectivity index (χ1n) is 9.49. The second kappa shape index (κ2) is 7.31. The van der Waals surface area contributed by atoms with Gasteiger partial charge in [-0.2, -0.15) is 0 Å². The van der Waals surface area contributed by atoms with Gasteiger partial charge in [-0.3, -0.25) is 4.79 Å². The maximum atomic E-state index is 13.8. The van der Waals surface area contributed by atoms with Crippen LogP contribution in [0.5, 0.6) is 0 Å². The van der Waals surface area contributed by atoms with E-state index in [0.717, 1.165) is 11.3 Å². The number of hydrogen-bond acceptors (Lipinski definition) is 5. The molecule has 3 aromatic rings. The van der Waals surface area contributed by atoms with E-state index in [1.54, 1.807) is 17.9 Å². The first-order chi connectivity index (χ1) is 13.5. The van der Waals surface area contributed by atoms with Crippen molar-refractivity contribution in [1.82, 2.24) is 20.4 Å². The second-order valence-electron chi connectivity index (χ2n) is 7.47. The van der Waals surface area contributed by atoms with Crippen LogP contribution in [0.4, 0.5) is 4.39 Å². The van der Waals surface area contributed by atoms with Crippen molar-refractivity contribution in [3.05, 3.63) is 58.7 Å². The Hall–Kier alpha value is -2.80. The molecule has 4 rings (SSSR count). The number of fused-ring (bicyclic) bond motifs is 1. The summed E-state index contributed by atoms with van der Waals surface area (Å²) in [6.07, 6.45) is 0. The Bertz CT molecular complexity index is 1030. The van der Waals surface area contributed by atoms with E-state index in [-0.39, 0.29) is 23.7 Å². The Labute approximate surface area is 162 Å². The average Bonchev–Trinajstić information content (AvgIpc) is 3.08. The molecule has 28 heavy (non-hydrogen) atoms. The predicted octanol–water partition coefficient (Wildman–Crippen LogP) is 3.58. The quantitative estimate of drug-likeness (QED) is 0.750. The Morgan fingerprint density at radius 1 is 1.36 bits per heavy atom. The molecule has 3 heterocycles. The summed E-state index contributed by atoms with van der Waals surface area (Å²) in [5.41, 5.74) is 3.11. The van der Waals surface area contributed by atoms with Crippen LogP contribution in [-0.4, -0.2) is 40.6 Å². The number of benzene rings is 1. The van der Waals surface area contributed by atoms with Gasteiger partial charge in [0, 0.05) is 25.3 Å². The fourth-order valence-corrected chi connectivity index (χ4v) is 3.69. The van der Waals surface area contributed by atoms with Gasteiger partial charge in [-0.05, 0) is 36.6 Å². The molecule has 6 nitrogen and oxygen atoms in total. The van der Waals surface area contributed by atoms with Gasteiger partial charge in [0.25, 0.3) is 11.6 Å². The van der Waals surface area contributed by atoms with Crippen molar-refractivity contribution >= 4 is 17.0 Å². The second-order valence-corrected chi connectivity index (χ2v) is 7.47. The van der Waals surface area contributed by atoms with E-state index in [0.29, 0.717) is 42.0 Å². The number of aryl methyl sites for hydroxylation is 1. The number of piperazine rings is 1. The molecular weight excluding hydrogens is 359 g/mol. The Balaban J connectivity index is 1.80. The van der Waals surface area contributed by atoms with Crippen molar-refractivity contribution < 1.29 is 13.7 Å². The van der Waals surface area contributed by atoms with Crippen LogP contribution in [-0.2, 0) is 0 Å². The highest BCUT2D eigenvalue weighted by Crippen LogP contribution is 2.30. The summed E-state index contributed by atoms with van der Waals surface area (Å²) in [4.78, 5) is 19.9. The Morgan fingerprint density at radius 2 is 2.18 bits per heavy atom. The van der Waals surface area contributed by atoms with Crippen molar-refractivity contribution in [2.45, 2.75) is 32.7 Å². The Morgan fingerprint density at radius 3 is 2.93 bits per heavy atom. The predicted molar refractivity (Wildman–Crippen MR) is 104 cm³/mol. The lowest BCUT2D eigenvalue weighted by atomic mass is 9.99. The standard InChI is InChI=1S/C21H23FN4O2/c1-12(2)17-10-16(19-13(3)25-28-20(19)24-17)21(27)26-8-7-23-11-18(26)14-5-4-6-15(22)9-14/h4-6,9-10,12,18,23H,7-8,11H2,1-3H3. The molecule has 1 saturated heterocycles. The number of pyridine rings is 1. The lowest BCUT2D eigenvalue weighted by Crippen LogP contribution is -2.48. The van der Waals surface area contributed by atoms with Gasteiger partial charge < -0.3 is 14.7 Å². The van der Waals surface area contributed by atoms with Gasteiger partial charge in [0.15, 0.2) is 0 Å². The summed E-state index contributed by atoms with van der Waals surface area (Å²) in [6.45, 7) is 7.64. The molecule has 0 bridgehead atoms. The largest absolute Gasteiger partial charge is 0.336 e. The minimum Gasteiger partial charge on any atom is -0.336 e. The van der Waals surface area contributed by atoms with Gasteiger partial charge >= 0.3 is 0 Å². The van der Waals surface area contributed by atoms with Gasteiger partial charge in [0.05, 0.1) is 22.7 Å². The molecule has 0 spiro atoms. The first-order valence-corrected chi connectivity index (χ1v) is 9.49. The highest BCUT2D eigenvalue weighted by atomic mass is 19.1. The molecule has 1 unspecified atom stereocenters. The molecular formula is C21H23FN4O2. The van der Waals surface area contributed by atoms with Crippen molar-refractivity contribution in [3.8, 4) is 0 Å². The summed E-state index contributed by atoms with van der Waals surface area (Å²) in [5, 5.41) is 7.95. The molecule has 0 saturated carbocycles. The smallest absolute Gasteiger partial charge is 0.259 e. The van der Waals surface area contributed by atoms with Crippen LogP contribution in [0, 0.1) is 12.7 Å². The van der Waals surface area contributed by atoms with E-state index in [2.05, 4.69) is 15.5 Å². The van der Waals surface area contributed by atoms with Gasteiger partial charge in [0.1, 0.15) is 5.82 Å². The molecule has 0 aliphatic carbocycles. The van der Waals surface area contributed by atoms with Crippen molar-refractivity contribution in [2.24, 2.45) is 0 Å². The number of halogens is 1. The fourth-order valence-electron chi connectivity index (χ4n) is 3.69. The summed E-state index contributed by atoms with van der Waals surface area (Å²) >= 11 is 0. The van der Waals surface area contributed by atoms with E-state index in [1.807, 2.05) is 26.0 Å². The van der Waals surface area contributed by atoms with Crippen LogP contribution in [0.25, 0.3) is 11.1 Å². The highest BCUT2D eigenvalue weighted by molar-refractivity contribution is 6.06. The molecule has 1 fully saturated rings. The third kappa shape index (κ3) is 3.26. The number of hydrogen-bond donors (Lipinski definition) is 1. The lowest BCUT2D eigenvalue weighted by Gasteiger charge is -2.36. The van der Waals surface area contributed by atoms with Crippen molar-refractivity contribution in [2.75, 3.05) is 19.6 Å². The molecule has 1 atom stereocenters. The summed E-state index contributed by atoms with van der Waals surface area (Å²) in [5.74, 6) is -0.279. The number of amides is 1. The summed E-state index contributed by atoms with van der Waals surface area (Å²) in [6, 6.07) is 8.02. The van der Waals surface area contributed by atoms with Crippen LogP contribution in [0.1, 0.15) is 53.1 Å². The molecule has 1 N–H and O–H groups in total. The number of rotatable bonds is 3. The number of nitrogens with zero attached hydrogens (tertiary/aromatic N) is 3. The molecule has 0 radical (unpaired) electrons. The first kappa shape index (κ1) is 18.6. The third-order valence-corrected chi connectivity index (χ3v) is 5.20.